The second-order valence-electron chi connectivity index (χ2n) is 6.78. The zero-order valence-corrected chi connectivity index (χ0v) is 12.3. The molecule has 0 radical (unpaired) electrons. The van der Waals surface area contributed by atoms with E-state index in [0.29, 0.717) is 5.41 Å². The lowest BCUT2D eigenvalue weighted by molar-refractivity contribution is -0.0237. The third kappa shape index (κ3) is 2.72. The van der Waals surface area contributed by atoms with Crippen LogP contribution in [0.4, 0.5) is 0 Å². The fourth-order valence-electron chi connectivity index (χ4n) is 3.42. The van der Waals surface area contributed by atoms with Crippen LogP contribution in [0.5, 0.6) is 0 Å². The number of nitrogens with one attached hydrogen (secondary N) is 1. The number of hydrazine groups is 1. The third-order valence-corrected chi connectivity index (χ3v) is 5.17. The number of hydrogen-bond donors (Lipinski definition) is 2. The Hall–Kier alpha value is -0.160. The van der Waals surface area contributed by atoms with E-state index in [1.165, 1.54) is 25.7 Å². The maximum atomic E-state index is 6.16. The SMILES string of the molecule is CN1CCN(NC2(CN)CCCCC2(C)C)CC1. The van der Waals surface area contributed by atoms with Crippen molar-refractivity contribution in [3.8, 4) is 0 Å². The molecule has 2 aliphatic rings. The maximum absolute atomic E-state index is 6.16. The second-order valence-corrected chi connectivity index (χ2v) is 6.78. The van der Waals surface area contributed by atoms with Crippen molar-refractivity contribution in [3.05, 3.63) is 0 Å². The Labute approximate surface area is 112 Å². The van der Waals surface area contributed by atoms with E-state index in [1.54, 1.807) is 0 Å². The van der Waals surface area contributed by atoms with Gasteiger partial charge in [-0.1, -0.05) is 26.7 Å². The number of hydrogen-bond acceptors (Lipinski definition) is 4. The summed E-state index contributed by atoms with van der Waals surface area (Å²) in [7, 11) is 2.20. The van der Waals surface area contributed by atoms with Crippen molar-refractivity contribution in [1.82, 2.24) is 15.3 Å². The summed E-state index contributed by atoms with van der Waals surface area (Å²) in [5, 5.41) is 2.40. The lowest BCUT2D eigenvalue weighted by Crippen LogP contribution is -2.68. The molecule has 1 saturated heterocycles. The van der Waals surface area contributed by atoms with E-state index in [1.807, 2.05) is 0 Å². The largest absolute Gasteiger partial charge is 0.329 e. The molecule has 1 atom stereocenters. The van der Waals surface area contributed by atoms with Crippen molar-refractivity contribution in [1.29, 1.82) is 0 Å². The van der Waals surface area contributed by atoms with Crippen molar-refractivity contribution >= 4 is 0 Å². The molecule has 2 fully saturated rings. The zero-order valence-electron chi connectivity index (χ0n) is 12.3. The van der Waals surface area contributed by atoms with Gasteiger partial charge in [-0.15, -0.1) is 0 Å². The normalized spacial score (nSPS) is 34.7. The molecule has 18 heavy (non-hydrogen) atoms. The Balaban J connectivity index is 2.03. The zero-order chi connectivity index (χ0) is 13.2. The summed E-state index contributed by atoms with van der Waals surface area (Å²) in [4.78, 5) is 2.39. The summed E-state index contributed by atoms with van der Waals surface area (Å²) < 4.78 is 0. The first-order chi connectivity index (χ1) is 8.49. The molecule has 0 aromatic rings. The minimum Gasteiger partial charge on any atom is -0.329 e. The maximum Gasteiger partial charge on any atom is 0.0498 e. The summed E-state index contributed by atoms with van der Waals surface area (Å²) >= 11 is 0. The van der Waals surface area contributed by atoms with Gasteiger partial charge in [0, 0.05) is 38.3 Å². The fraction of sp³-hybridized carbons (Fsp3) is 1.00. The van der Waals surface area contributed by atoms with Gasteiger partial charge in [-0.25, -0.2) is 10.4 Å². The first-order valence-electron chi connectivity index (χ1n) is 7.40. The van der Waals surface area contributed by atoms with Crippen LogP contribution < -0.4 is 11.2 Å². The average Bonchev–Trinajstić information content (AvgIpc) is 2.34. The number of nitrogens with two attached hydrogens (primary N) is 1. The Morgan fingerprint density at radius 1 is 1.06 bits per heavy atom. The molecule has 1 saturated carbocycles. The molecule has 3 N–H and O–H groups in total. The van der Waals surface area contributed by atoms with Crippen LogP contribution in [-0.2, 0) is 0 Å². The lowest BCUT2D eigenvalue weighted by Gasteiger charge is -2.53. The standard InChI is InChI=1S/C14H30N4/c1-13(2)6-4-5-7-14(13,12-15)16-18-10-8-17(3)9-11-18/h16H,4-12,15H2,1-3H3. The molecule has 1 aliphatic heterocycles. The van der Waals surface area contributed by atoms with Crippen LogP contribution in [0.3, 0.4) is 0 Å². The predicted octanol–water partition coefficient (Wildman–Crippen LogP) is 1.04. The van der Waals surface area contributed by atoms with Crippen LogP contribution in [0, 0.1) is 5.41 Å². The summed E-state index contributed by atoms with van der Waals surface area (Å²) in [6, 6.07) is 0. The molecule has 0 spiro atoms. The van der Waals surface area contributed by atoms with Gasteiger partial charge in [-0.2, -0.15) is 0 Å². The minimum absolute atomic E-state index is 0.0984. The van der Waals surface area contributed by atoms with Crippen LogP contribution in [0.25, 0.3) is 0 Å². The summed E-state index contributed by atoms with van der Waals surface area (Å²) in [6.07, 6.45) is 5.15. The van der Waals surface area contributed by atoms with E-state index in [4.69, 9.17) is 5.73 Å². The van der Waals surface area contributed by atoms with E-state index < -0.39 is 0 Å². The lowest BCUT2D eigenvalue weighted by atomic mass is 9.63. The molecule has 0 bridgehead atoms. The Morgan fingerprint density at radius 2 is 1.67 bits per heavy atom. The van der Waals surface area contributed by atoms with Gasteiger partial charge in [-0.3, -0.25) is 0 Å². The molecular formula is C14H30N4. The van der Waals surface area contributed by atoms with Gasteiger partial charge in [0.1, 0.15) is 0 Å². The van der Waals surface area contributed by atoms with E-state index in [0.717, 1.165) is 32.7 Å². The van der Waals surface area contributed by atoms with Crippen LogP contribution in [0.15, 0.2) is 0 Å². The molecule has 4 nitrogen and oxygen atoms in total. The molecule has 106 valence electrons. The predicted molar refractivity (Wildman–Crippen MR) is 76.2 cm³/mol. The summed E-state index contributed by atoms with van der Waals surface area (Å²) in [6.45, 7) is 10.0. The number of rotatable bonds is 3. The van der Waals surface area contributed by atoms with Crippen molar-refractivity contribution in [2.24, 2.45) is 11.1 Å². The summed E-state index contributed by atoms with van der Waals surface area (Å²) in [5.41, 5.74) is 10.4. The smallest absolute Gasteiger partial charge is 0.0498 e. The van der Waals surface area contributed by atoms with Crippen LogP contribution >= 0.6 is 0 Å². The monoisotopic (exact) mass is 254 g/mol. The molecule has 1 unspecified atom stereocenters. The first-order valence-corrected chi connectivity index (χ1v) is 7.40. The number of piperazine rings is 1. The minimum atomic E-state index is 0.0984. The number of nitrogens with zero attached hydrogens (tertiary/aromatic N) is 2. The van der Waals surface area contributed by atoms with E-state index in [2.05, 4.69) is 36.2 Å². The van der Waals surface area contributed by atoms with Crippen LogP contribution in [0.1, 0.15) is 39.5 Å². The second kappa shape index (κ2) is 5.45. The van der Waals surface area contributed by atoms with Crippen molar-refractivity contribution < 1.29 is 0 Å². The molecule has 4 heteroatoms. The number of likely N-dealkylation sites (N-methyl/N-ethyl adjacent to an activating group) is 1. The van der Waals surface area contributed by atoms with Crippen LogP contribution in [-0.4, -0.2) is 55.2 Å². The Kier molecular flexibility index (Phi) is 4.32. The average molecular weight is 254 g/mol. The highest BCUT2D eigenvalue weighted by Gasteiger charge is 2.46. The highest BCUT2D eigenvalue weighted by Crippen LogP contribution is 2.43. The molecule has 0 aromatic heterocycles. The van der Waals surface area contributed by atoms with Gasteiger partial charge in [-0.05, 0) is 25.3 Å². The topological polar surface area (TPSA) is 44.5 Å². The quantitative estimate of drug-likeness (QED) is 0.790. The molecule has 1 aliphatic carbocycles. The van der Waals surface area contributed by atoms with Gasteiger partial charge in [0.25, 0.3) is 0 Å². The van der Waals surface area contributed by atoms with Gasteiger partial charge >= 0.3 is 0 Å². The van der Waals surface area contributed by atoms with Gasteiger partial charge in [0.15, 0.2) is 0 Å². The highest BCUT2D eigenvalue weighted by atomic mass is 15.6. The Morgan fingerprint density at radius 3 is 2.22 bits per heavy atom. The first kappa shape index (κ1) is 14.3. The van der Waals surface area contributed by atoms with Crippen LogP contribution in [0.2, 0.25) is 0 Å². The van der Waals surface area contributed by atoms with Crippen molar-refractivity contribution in [2.75, 3.05) is 39.8 Å². The molecule has 0 amide bonds. The molecule has 1 heterocycles. The van der Waals surface area contributed by atoms with Gasteiger partial charge in [0.2, 0.25) is 0 Å². The molecular weight excluding hydrogens is 224 g/mol. The Bertz CT molecular complexity index is 271. The summed E-state index contributed by atoms with van der Waals surface area (Å²) in [5.74, 6) is 0. The van der Waals surface area contributed by atoms with Gasteiger partial charge < -0.3 is 10.6 Å². The fourth-order valence-corrected chi connectivity index (χ4v) is 3.42. The van der Waals surface area contributed by atoms with Crippen molar-refractivity contribution in [3.63, 3.8) is 0 Å². The highest BCUT2D eigenvalue weighted by molar-refractivity contribution is 5.03. The van der Waals surface area contributed by atoms with E-state index >= 15 is 0 Å². The third-order valence-electron chi connectivity index (χ3n) is 5.17. The van der Waals surface area contributed by atoms with E-state index in [-0.39, 0.29) is 5.54 Å². The van der Waals surface area contributed by atoms with Gasteiger partial charge in [0.05, 0.1) is 0 Å². The molecule has 0 aromatic carbocycles. The van der Waals surface area contributed by atoms with Crippen molar-refractivity contribution in [2.45, 2.75) is 45.1 Å². The van der Waals surface area contributed by atoms with E-state index in [9.17, 15) is 0 Å². The molecule has 2 rings (SSSR count).